The van der Waals surface area contributed by atoms with Crippen LogP contribution in [0.2, 0.25) is 0 Å². The molecule has 166 valence electrons. The lowest BCUT2D eigenvalue weighted by Crippen LogP contribution is -2.35. The van der Waals surface area contributed by atoms with E-state index < -0.39 is 5.91 Å². The van der Waals surface area contributed by atoms with Gasteiger partial charge < -0.3 is 5.11 Å². The van der Waals surface area contributed by atoms with Gasteiger partial charge in [0.05, 0.1) is 6.10 Å². The van der Waals surface area contributed by atoms with Crippen molar-refractivity contribution in [1.29, 1.82) is 0 Å². The Morgan fingerprint density at radius 3 is 2.70 bits per heavy atom. The predicted octanol–water partition coefficient (Wildman–Crippen LogP) is 5.63. The smallest absolute Gasteiger partial charge is 0.267 e. The minimum Gasteiger partial charge on any atom is -0.393 e. The lowest BCUT2D eigenvalue weighted by atomic mass is 9.61. The maximum atomic E-state index is 11.2. The third-order valence-electron chi connectivity index (χ3n) is 7.87. The molecular weight excluding hydrogens is 374 g/mol. The van der Waals surface area contributed by atoms with Gasteiger partial charge in [-0.3, -0.25) is 10.0 Å². The minimum atomic E-state index is -0.495. The first kappa shape index (κ1) is 23.0. The molecule has 3 aliphatic rings. The Hall–Kier alpha value is -1.65. The van der Waals surface area contributed by atoms with Gasteiger partial charge in [-0.2, -0.15) is 0 Å². The molecule has 4 heteroatoms. The van der Waals surface area contributed by atoms with Crippen LogP contribution in [-0.2, 0) is 4.79 Å². The fraction of sp³-hybridized carbons (Fsp3) is 0.654. The number of hydrogen-bond donors (Lipinski definition) is 3. The molecule has 0 bridgehead atoms. The summed E-state index contributed by atoms with van der Waals surface area (Å²) >= 11 is 0. The maximum absolute atomic E-state index is 11.2. The fourth-order valence-corrected chi connectivity index (χ4v) is 6.42. The normalized spacial score (nSPS) is 36.3. The zero-order valence-corrected chi connectivity index (χ0v) is 18.9. The summed E-state index contributed by atoms with van der Waals surface area (Å²) in [5.74, 6) is 1.26. The van der Waals surface area contributed by atoms with Gasteiger partial charge in [-0.25, -0.2) is 5.48 Å². The van der Waals surface area contributed by atoms with Crippen molar-refractivity contribution in [2.24, 2.45) is 23.2 Å². The molecule has 3 rings (SSSR count). The number of hydroxylamine groups is 1. The molecule has 1 amide bonds. The van der Waals surface area contributed by atoms with E-state index in [1.807, 2.05) is 6.92 Å². The molecule has 3 aliphatic carbocycles. The Morgan fingerprint density at radius 1 is 1.17 bits per heavy atom. The summed E-state index contributed by atoms with van der Waals surface area (Å²) in [6.45, 7) is 6.82. The van der Waals surface area contributed by atoms with E-state index in [0.717, 1.165) is 31.3 Å². The summed E-state index contributed by atoms with van der Waals surface area (Å²) in [4.78, 5) is 11.2. The number of hydrogen-bond acceptors (Lipinski definition) is 3. The van der Waals surface area contributed by atoms with Gasteiger partial charge in [-0.15, -0.1) is 0 Å². The summed E-state index contributed by atoms with van der Waals surface area (Å²) < 4.78 is 0. The van der Waals surface area contributed by atoms with Crippen LogP contribution in [0.15, 0.2) is 47.1 Å². The van der Waals surface area contributed by atoms with Crippen LogP contribution in [0.4, 0.5) is 0 Å². The highest BCUT2D eigenvalue weighted by atomic mass is 16.5. The van der Waals surface area contributed by atoms with Gasteiger partial charge in [-0.05, 0) is 87.9 Å². The lowest BCUT2D eigenvalue weighted by molar-refractivity contribution is -0.124. The summed E-state index contributed by atoms with van der Waals surface area (Å²) in [7, 11) is 0. The Kier molecular flexibility index (Phi) is 7.75. The number of aliphatic hydroxyl groups excluding tert-OH is 1. The first-order chi connectivity index (χ1) is 14.3. The molecule has 0 aromatic rings. The summed E-state index contributed by atoms with van der Waals surface area (Å²) in [6, 6.07) is 0. The Morgan fingerprint density at radius 2 is 1.97 bits per heavy atom. The lowest BCUT2D eigenvalue weighted by Gasteiger charge is -2.44. The van der Waals surface area contributed by atoms with Crippen LogP contribution in [0.5, 0.6) is 0 Å². The van der Waals surface area contributed by atoms with Gasteiger partial charge >= 0.3 is 0 Å². The molecule has 5 atom stereocenters. The molecule has 30 heavy (non-hydrogen) atoms. The standard InChI is InChI=1S/C26H39NO3/c1-18(9-14-25(29)27-30)16-19(2)23-12-13-24-21(7-5-15-26(23,24)3)11-10-20-6-4-8-22(28)17-20/h9-11,14,16,19,22-24,28,30H,4-8,12-13,15,17H2,1-3H3,(H,27,29)/b14-9+,18-16+,20-10-,21-11+/t19-,22+,23?,24?,26-/m1/s1. The molecule has 0 saturated heterocycles. The van der Waals surface area contributed by atoms with Crippen molar-refractivity contribution in [1.82, 2.24) is 5.48 Å². The number of rotatable bonds is 5. The monoisotopic (exact) mass is 413 g/mol. The molecule has 3 N–H and O–H groups in total. The second-order valence-electron chi connectivity index (χ2n) is 9.99. The van der Waals surface area contributed by atoms with E-state index in [9.17, 15) is 9.90 Å². The maximum Gasteiger partial charge on any atom is 0.267 e. The van der Waals surface area contributed by atoms with E-state index >= 15 is 0 Å². The van der Waals surface area contributed by atoms with Gasteiger partial charge in [0.15, 0.2) is 0 Å². The average molecular weight is 414 g/mol. The fourth-order valence-electron chi connectivity index (χ4n) is 6.42. The quantitative estimate of drug-likeness (QED) is 0.237. The molecular formula is C26H39NO3. The molecule has 0 aromatic carbocycles. The Balaban J connectivity index is 1.72. The van der Waals surface area contributed by atoms with E-state index in [4.69, 9.17) is 5.21 Å². The zero-order valence-electron chi connectivity index (χ0n) is 18.9. The van der Waals surface area contributed by atoms with Crippen LogP contribution < -0.4 is 5.48 Å². The summed E-state index contributed by atoms with van der Waals surface area (Å²) in [5, 5.41) is 18.6. The van der Waals surface area contributed by atoms with Crippen molar-refractivity contribution < 1.29 is 15.1 Å². The van der Waals surface area contributed by atoms with Crippen molar-refractivity contribution in [2.75, 3.05) is 0 Å². The molecule has 0 spiro atoms. The number of carbonyl (C=O) groups excluding carboxylic acids is 1. The predicted molar refractivity (Wildman–Crippen MR) is 121 cm³/mol. The topological polar surface area (TPSA) is 69.6 Å². The van der Waals surface area contributed by atoms with Crippen LogP contribution in [0.25, 0.3) is 0 Å². The third kappa shape index (κ3) is 5.33. The molecule has 3 saturated carbocycles. The Bertz CT molecular complexity index is 747. The molecule has 3 fully saturated rings. The summed E-state index contributed by atoms with van der Waals surface area (Å²) in [6.07, 6.45) is 20.3. The van der Waals surface area contributed by atoms with Crippen molar-refractivity contribution in [3.8, 4) is 0 Å². The zero-order chi connectivity index (χ0) is 21.7. The van der Waals surface area contributed by atoms with Gasteiger partial charge in [0.2, 0.25) is 0 Å². The van der Waals surface area contributed by atoms with Crippen molar-refractivity contribution in [3.63, 3.8) is 0 Å². The van der Waals surface area contributed by atoms with Crippen molar-refractivity contribution in [2.45, 2.75) is 84.7 Å². The highest BCUT2D eigenvalue weighted by molar-refractivity contribution is 5.86. The molecule has 0 aliphatic heterocycles. The SMILES string of the molecule is CC(/C=C/C(=O)NO)=C\[C@@H](C)C1CCC2/C(=C/C=C3/CCC[C@H](O)C3)CCC[C@@]21C. The number of allylic oxidation sites excluding steroid dienone is 6. The molecule has 0 heterocycles. The number of fused-ring (bicyclic) bond motifs is 1. The largest absolute Gasteiger partial charge is 0.393 e. The number of amides is 1. The molecule has 4 nitrogen and oxygen atoms in total. The van der Waals surface area contributed by atoms with E-state index in [-0.39, 0.29) is 6.10 Å². The number of aliphatic hydroxyl groups is 1. The highest BCUT2D eigenvalue weighted by Gasteiger charge is 2.50. The number of nitrogens with one attached hydrogen (secondary N) is 1. The number of carbonyl (C=O) groups is 1. The Labute approximate surface area is 181 Å². The van der Waals surface area contributed by atoms with Gasteiger partial charge in [-0.1, -0.05) is 54.9 Å². The molecule has 2 unspecified atom stereocenters. The van der Waals surface area contributed by atoms with E-state index in [1.54, 1.807) is 17.1 Å². The van der Waals surface area contributed by atoms with Gasteiger partial charge in [0, 0.05) is 6.08 Å². The van der Waals surface area contributed by atoms with Crippen LogP contribution in [0.1, 0.15) is 78.6 Å². The van der Waals surface area contributed by atoms with Crippen LogP contribution in [0, 0.1) is 23.2 Å². The molecule has 0 aromatic heterocycles. The van der Waals surface area contributed by atoms with Crippen molar-refractivity contribution in [3.05, 3.63) is 47.1 Å². The third-order valence-corrected chi connectivity index (χ3v) is 7.87. The first-order valence-electron chi connectivity index (χ1n) is 11.7. The molecule has 0 radical (unpaired) electrons. The minimum absolute atomic E-state index is 0.149. The first-order valence-corrected chi connectivity index (χ1v) is 11.7. The summed E-state index contributed by atoms with van der Waals surface area (Å²) in [5.41, 5.74) is 6.06. The highest BCUT2D eigenvalue weighted by Crippen LogP contribution is 2.59. The van der Waals surface area contributed by atoms with Crippen LogP contribution in [-0.4, -0.2) is 22.3 Å². The average Bonchev–Trinajstić information content (AvgIpc) is 3.08. The van der Waals surface area contributed by atoms with E-state index in [0.29, 0.717) is 23.2 Å². The second-order valence-corrected chi connectivity index (χ2v) is 9.99. The van der Waals surface area contributed by atoms with Gasteiger partial charge in [0.1, 0.15) is 0 Å². The van der Waals surface area contributed by atoms with Crippen LogP contribution >= 0.6 is 0 Å². The second kappa shape index (κ2) is 10.1. The van der Waals surface area contributed by atoms with Crippen molar-refractivity contribution >= 4 is 5.91 Å². The van der Waals surface area contributed by atoms with E-state index in [2.05, 4.69) is 32.1 Å². The van der Waals surface area contributed by atoms with Gasteiger partial charge in [0.25, 0.3) is 5.91 Å². The van der Waals surface area contributed by atoms with Crippen LogP contribution in [0.3, 0.4) is 0 Å². The van der Waals surface area contributed by atoms with E-state index in [1.165, 1.54) is 43.8 Å².